The molecule has 8 nitrogen and oxygen atoms in total. The maximum absolute atomic E-state index is 13.3. The molecule has 1 aromatic carbocycles. The van der Waals surface area contributed by atoms with Gasteiger partial charge in [0.1, 0.15) is 5.69 Å². The Bertz CT molecular complexity index is 1030. The lowest BCUT2D eigenvalue weighted by Gasteiger charge is -2.36. The largest absolute Gasteiger partial charge is 0.364 e. The van der Waals surface area contributed by atoms with Gasteiger partial charge < -0.3 is 20.5 Å². The summed E-state index contributed by atoms with van der Waals surface area (Å²) in [4.78, 5) is 43.6. The van der Waals surface area contributed by atoms with E-state index in [1.807, 2.05) is 23.1 Å². The van der Waals surface area contributed by atoms with Crippen LogP contribution in [0.3, 0.4) is 0 Å². The molecule has 0 atom stereocenters. The van der Waals surface area contributed by atoms with Crippen molar-refractivity contribution >= 4 is 35.0 Å². The summed E-state index contributed by atoms with van der Waals surface area (Å²) in [5, 5.41) is 3.27. The lowest BCUT2D eigenvalue weighted by Crippen LogP contribution is -2.38. The Kier molecular flexibility index (Phi) is 5.75. The molecule has 3 amide bonds. The van der Waals surface area contributed by atoms with E-state index in [9.17, 15) is 14.4 Å². The number of aromatic nitrogens is 2. The average molecular weight is 444 g/mol. The van der Waals surface area contributed by atoms with Gasteiger partial charge in [0.25, 0.3) is 11.8 Å². The number of primary amides is 1. The van der Waals surface area contributed by atoms with Crippen LogP contribution in [0.25, 0.3) is 0 Å². The molecule has 0 unspecified atom stereocenters. The Balaban J connectivity index is 1.51. The van der Waals surface area contributed by atoms with Crippen molar-refractivity contribution in [2.24, 2.45) is 11.1 Å². The van der Waals surface area contributed by atoms with Gasteiger partial charge in [0, 0.05) is 29.8 Å². The molecule has 1 aromatic heterocycles. The second-order valence-electron chi connectivity index (χ2n) is 8.27. The Morgan fingerprint density at radius 3 is 2.68 bits per heavy atom. The van der Waals surface area contributed by atoms with Crippen LogP contribution < -0.4 is 16.0 Å². The number of hydrogen-bond acceptors (Lipinski definition) is 4. The first kappa shape index (κ1) is 21.4. The zero-order chi connectivity index (χ0) is 22.2. The molecule has 31 heavy (non-hydrogen) atoms. The summed E-state index contributed by atoms with van der Waals surface area (Å²) in [6.07, 6.45) is 5.14. The zero-order valence-corrected chi connectivity index (χ0v) is 18.2. The topological polar surface area (TPSA) is 110 Å². The van der Waals surface area contributed by atoms with Crippen molar-refractivity contribution in [2.75, 3.05) is 18.0 Å². The fourth-order valence-corrected chi connectivity index (χ4v) is 5.09. The van der Waals surface area contributed by atoms with Gasteiger partial charge in [-0.1, -0.05) is 17.7 Å². The molecule has 2 heterocycles. The monoisotopic (exact) mass is 443 g/mol. The van der Waals surface area contributed by atoms with E-state index in [4.69, 9.17) is 17.3 Å². The average Bonchev–Trinajstić information content (AvgIpc) is 3.32. The van der Waals surface area contributed by atoms with Gasteiger partial charge in [0.05, 0.1) is 11.7 Å². The molecule has 164 valence electrons. The van der Waals surface area contributed by atoms with Gasteiger partial charge in [0.15, 0.2) is 5.69 Å². The fourth-order valence-electron chi connectivity index (χ4n) is 4.90. The molecule has 1 saturated carbocycles. The number of hydrogen-bond donors (Lipinski definition) is 2. The predicted molar refractivity (Wildman–Crippen MR) is 117 cm³/mol. The highest BCUT2D eigenvalue weighted by molar-refractivity contribution is 6.31. The van der Waals surface area contributed by atoms with Crippen LogP contribution >= 0.6 is 11.6 Å². The van der Waals surface area contributed by atoms with Crippen LogP contribution in [-0.2, 0) is 4.79 Å². The van der Waals surface area contributed by atoms with Crippen molar-refractivity contribution in [1.82, 2.24) is 14.9 Å². The van der Waals surface area contributed by atoms with Crippen molar-refractivity contribution < 1.29 is 14.4 Å². The molecule has 2 aliphatic rings. The highest BCUT2D eigenvalue weighted by Crippen LogP contribution is 2.49. The van der Waals surface area contributed by atoms with Gasteiger partial charge in [-0.3, -0.25) is 14.4 Å². The first-order chi connectivity index (χ1) is 14.9. The second kappa shape index (κ2) is 8.34. The summed E-state index contributed by atoms with van der Waals surface area (Å²) >= 11 is 6.11. The van der Waals surface area contributed by atoms with E-state index in [1.165, 1.54) is 6.33 Å². The Labute approximate surface area is 185 Å². The van der Waals surface area contributed by atoms with Gasteiger partial charge in [-0.2, -0.15) is 0 Å². The number of nitrogens with one attached hydrogen (secondary N) is 1. The number of nitrogens with two attached hydrogens (primary N) is 1. The lowest BCUT2D eigenvalue weighted by molar-refractivity contribution is -0.127. The van der Waals surface area contributed by atoms with E-state index >= 15 is 0 Å². The standard InChI is InChI=1S/C22H26ClN5O3/c1-2-25-20(30)17-18(19(24)29)28(13-26-17)15-6-8-22(9-7-15)10-11-27(21(22)31)16-5-3-4-14(23)12-16/h3-5,12-13,15H,2,6-11H2,1H3,(H2,24,29)(H,25,30). The van der Waals surface area contributed by atoms with E-state index in [-0.39, 0.29) is 23.3 Å². The van der Waals surface area contributed by atoms with Gasteiger partial charge in [-0.25, -0.2) is 4.98 Å². The predicted octanol–water partition coefficient (Wildman–Crippen LogP) is 2.92. The highest BCUT2D eigenvalue weighted by atomic mass is 35.5. The summed E-state index contributed by atoms with van der Waals surface area (Å²) in [5.74, 6) is -0.953. The third kappa shape index (κ3) is 3.80. The molecule has 1 aliphatic carbocycles. The number of carbonyl (C=O) groups is 3. The summed E-state index contributed by atoms with van der Waals surface area (Å²) in [5.41, 5.74) is 6.20. The maximum Gasteiger partial charge on any atom is 0.272 e. The van der Waals surface area contributed by atoms with E-state index in [2.05, 4.69) is 10.3 Å². The van der Waals surface area contributed by atoms with Crippen LogP contribution in [0.2, 0.25) is 5.02 Å². The van der Waals surface area contributed by atoms with E-state index in [1.54, 1.807) is 17.6 Å². The minimum Gasteiger partial charge on any atom is -0.364 e. The molecule has 0 radical (unpaired) electrons. The summed E-state index contributed by atoms with van der Waals surface area (Å²) in [6, 6.07) is 7.34. The molecule has 3 N–H and O–H groups in total. The quantitative estimate of drug-likeness (QED) is 0.740. The van der Waals surface area contributed by atoms with Crippen molar-refractivity contribution in [1.29, 1.82) is 0 Å². The van der Waals surface area contributed by atoms with Crippen LogP contribution in [-0.4, -0.2) is 40.4 Å². The summed E-state index contributed by atoms with van der Waals surface area (Å²) < 4.78 is 1.72. The number of imidazole rings is 1. The molecule has 1 aliphatic heterocycles. The first-order valence-corrected chi connectivity index (χ1v) is 11.0. The van der Waals surface area contributed by atoms with Crippen molar-refractivity contribution in [3.63, 3.8) is 0 Å². The number of nitrogens with zero attached hydrogens (tertiary/aromatic N) is 3. The van der Waals surface area contributed by atoms with E-state index in [0.717, 1.165) is 12.1 Å². The van der Waals surface area contributed by atoms with Gasteiger partial charge in [0.2, 0.25) is 5.91 Å². The van der Waals surface area contributed by atoms with Crippen LogP contribution in [0.5, 0.6) is 0 Å². The first-order valence-electron chi connectivity index (χ1n) is 10.6. The number of benzene rings is 1. The third-order valence-electron chi connectivity index (χ3n) is 6.52. The Morgan fingerprint density at radius 2 is 2.03 bits per heavy atom. The lowest BCUT2D eigenvalue weighted by atomic mass is 9.71. The van der Waals surface area contributed by atoms with Crippen LogP contribution in [0.1, 0.15) is 66.0 Å². The SMILES string of the molecule is CCNC(=O)c1ncn(C2CCC3(CC2)CCN(c2cccc(Cl)c2)C3=O)c1C(N)=O. The molecule has 2 aromatic rings. The number of halogens is 1. The normalized spacial score (nSPS) is 23.4. The van der Waals surface area contributed by atoms with Gasteiger partial charge >= 0.3 is 0 Å². The van der Waals surface area contributed by atoms with Crippen LogP contribution in [0.15, 0.2) is 30.6 Å². The Hall–Kier alpha value is -2.87. The number of anilines is 1. The summed E-state index contributed by atoms with van der Waals surface area (Å²) in [6.45, 7) is 2.90. The smallest absolute Gasteiger partial charge is 0.272 e. The van der Waals surface area contributed by atoms with Gasteiger partial charge in [-0.15, -0.1) is 0 Å². The van der Waals surface area contributed by atoms with E-state index in [0.29, 0.717) is 43.8 Å². The molecule has 1 saturated heterocycles. The van der Waals surface area contributed by atoms with Crippen molar-refractivity contribution in [3.05, 3.63) is 47.0 Å². The molecule has 4 rings (SSSR count). The van der Waals surface area contributed by atoms with E-state index < -0.39 is 17.2 Å². The second-order valence-corrected chi connectivity index (χ2v) is 8.71. The summed E-state index contributed by atoms with van der Waals surface area (Å²) in [7, 11) is 0. The highest BCUT2D eigenvalue weighted by Gasteiger charge is 2.49. The number of amides is 3. The minimum atomic E-state index is -0.678. The molecule has 2 fully saturated rings. The van der Waals surface area contributed by atoms with Crippen LogP contribution in [0, 0.1) is 5.41 Å². The molecular weight excluding hydrogens is 418 g/mol. The van der Waals surface area contributed by atoms with Crippen molar-refractivity contribution in [2.45, 2.75) is 45.1 Å². The third-order valence-corrected chi connectivity index (χ3v) is 6.75. The van der Waals surface area contributed by atoms with Crippen molar-refractivity contribution in [3.8, 4) is 0 Å². The number of carbonyl (C=O) groups excluding carboxylic acids is 3. The molecule has 0 bridgehead atoms. The number of rotatable bonds is 5. The Morgan fingerprint density at radius 1 is 1.29 bits per heavy atom. The fraction of sp³-hybridized carbons (Fsp3) is 0.455. The molecule has 1 spiro atoms. The molecular formula is C22H26ClN5O3. The zero-order valence-electron chi connectivity index (χ0n) is 17.4. The van der Waals surface area contributed by atoms with Crippen LogP contribution in [0.4, 0.5) is 5.69 Å². The minimum absolute atomic E-state index is 0.0307. The van der Waals surface area contributed by atoms with Gasteiger partial charge in [-0.05, 0) is 57.2 Å². The molecule has 9 heteroatoms. The maximum atomic E-state index is 13.3.